The van der Waals surface area contributed by atoms with Crippen LogP contribution in [-0.4, -0.2) is 70.1 Å². The van der Waals surface area contributed by atoms with E-state index in [4.69, 9.17) is 24.2 Å². The summed E-state index contributed by atoms with van der Waals surface area (Å²) in [5, 5.41) is 7.87. The highest BCUT2D eigenvalue weighted by atomic mass is 16.5. The average molecular weight is 511 g/mol. The van der Waals surface area contributed by atoms with Crippen LogP contribution in [-0.2, 0) is 4.74 Å². The molecule has 0 aromatic carbocycles. The van der Waals surface area contributed by atoms with E-state index in [1.54, 1.807) is 24.9 Å². The lowest BCUT2D eigenvalue weighted by molar-refractivity contribution is 0.122. The van der Waals surface area contributed by atoms with E-state index in [1.807, 2.05) is 60.9 Å². The van der Waals surface area contributed by atoms with Gasteiger partial charge in [0, 0.05) is 48.9 Å². The number of anilines is 3. The first-order valence-corrected chi connectivity index (χ1v) is 12.2. The molecule has 0 radical (unpaired) electrons. The minimum atomic E-state index is 0.423. The van der Waals surface area contributed by atoms with Gasteiger partial charge in [-0.05, 0) is 36.4 Å². The van der Waals surface area contributed by atoms with Gasteiger partial charge in [-0.2, -0.15) is 0 Å². The molecule has 1 N–H and O–H groups in total. The molecule has 1 fully saturated rings. The van der Waals surface area contributed by atoms with Gasteiger partial charge in [-0.25, -0.2) is 24.5 Å². The van der Waals surface area contributed by atoms with Crippen LogP contribution in [0.15, 0.2) is 67.1 Å². The molecule has 5 aromatic rings. The Balaban J connectivity index is 1.21. The van der Waals surface area contributed by atoms with Gasteiger partial charge in [0.2, 0.25) is 0 Å². The third kappa shape index (κ3) is 4.78. The Morgan fingerprint density at radius 2 is 1.68 bits per heavy atom. The maximum Gasteiger partial charge on any atom is 0.256 e. The summed E-state index contributed by atoms with van der Waals surface area (Å²) in [5.41, 5.74) is 3.99. The van der Waals surface area contributed by atoms with Crippen LogP contribution in [0.1, 0.15) is 0 Å². The Morgan fingerprint density at radius 3 is 2.47 bits per heavy atom. The number of aromatic nitrogens is 6. The van der Waals surface area contributed by atoms with Crippen LogP contribution in [0.3, 0.4) is 0 Å². The monoisotopic (exact) mass is 510 g/mol. The van der Waals surface area contributed by atoms with Crippen LogP contribution in [0.5, 0.6) is 11.6 Å². The van der Waals surface area contributed by atoms with Crippen molar-refractivity contribution in [2.24, 2.45) is 0 Å². The van der Waals surface area contributed by atoms with E-state index in [1.165, 1.54) is 0 Å². The van der Waals surface area contributed by atoms with Crippen molar-refractivity contribution in [3.05, 3.63) is 67.1 Å². The molecule has 0 atom stereocenters. The Kier molecular flexibility index (Phi) is 6.40. The van der Waals surface area contributed by atoms with E-state index >= 15 is 0 Å². The van der Waals surface area contributed by atoms with Crippen LogP contribution in [0.4, 0.5) is 17.5 Å². The van der Waals surface area contributed by atoms with Crippen molar-refractivity contribution in [2.75, 3.05) is 50.7 Å². The predicted octanol–water partition coefficient (Wildman–Crippen LogP) is 3.85. The normalized spacial score (nSPS) is 13.5. The summed E-state index contributed by atoms with van der Waals surface area (Å²) in [7, 11) is 3.13. The molecule has 5 aromatic heterocycles. The van der Waals surface area contributed by atoms with Gasteiger partial charge >= 0.3 is 0 Å². The molecule has 1 aliphatic rings. The first-order chi connectivity index (χ1) is 18.7. The molecule has 38 heavy (non-hydrogen) atoms. The summed E-state index contributed by atoms with van der Waals surface area (Å²) in [6.07, 6.45) is 5.41. The number of ether oxygens (including phenoxy) is 3. The molecular weight excluding hydrogens is 484 g/mol. The summed E-state index contributed by atoms with van der Waals surface area (Å²) in [5.74, 6) is 3.22. The lowest BCUT2D eigenvalue weighted by Gasteiger charge is -2.27. The Bertz CT molecular complexity index is 1560. The summed E-state index contributed by atoms with van der Waals surface area (Å²) in [4.78, 5) is 20.7. The maximum atomic E-state index is 5.43. The topological polar surface area (TPSA) is 112 Å². The first kappa shape index (κ1) is 23.6. The Hall–Kier alpha value is -4.77. The van der Waals surface area contributed by atoms with Crippen molar-refractivity contribution < 1.29 is 14.2 Å². The van der Waals surface area contributed by atoms with E-state index in [0.717, 1.165) is 54.6 Å². The van der Waals surface area contributed by atoms with Crippen LogP contribution in [0.2, 0.25) is 0 Å². The number of pyridine rings is 3. The Labute approximate surface area is 219 Å². The van der Waals surface area contributed by atoms with Crippen LogP contribution in [0.25, 0.3) is 28.2 Å². The highest BCUT2D eigenvalue weighted by Crippen LogP contribution is 2.29. The zero-order chi connectivity index (χ0) is 25.9. The highest BCUT2D eigenvalue weighted by Gasteiger charge is 2.13. The summed E-state index contributed by atoms with van der Waals surface area (Å²) < 4.78 is 17.7. The zero-order valence-corrected chi connectivity index (χ0v) is 21.0. The minimum absolute atomic E-state index is 0.423. The summed E-state index contributed by atoms with van der Waals surface area (Å²) in [6.45, 7) is 3.16. The minimum Gasteiger partial charge on any atom is -0.491 e. The van der Waals surface area contributed by atoms with Crippen LogP contribution < -0.4 is 19.7 Å². The van der Waals surface area contributed by atoms with E-state index in [0.29, 0.717) is 28.9 Å². The number of fused-ring (bicyclic) bond motifs is 1. The molecule has 0 aliphatic carbocycles. The molecule has 1 saturated heterocycles. The second-order valence-electron chi connectivity index (χ2n) is 8.62. The van der Waals surface area contributed by atoms with E-state index in [2.05, 4.69) is 25.3 Å². The van der Waals surface area contributed by atoms with Gasteiger partial charge in [0.25, 0.3) is 5.88 Å². The average Bonchev–Trinajstić information content (AvgIpc) is 3.39. The Morgan fingerprint density at radius 1 is 0.842 bits per heavy atom. The maximum absolute atomic E-state index is 5.43. The largest absolute Gasteiger partial charge is 0.491 e. The number of hydrogen-bond acceptors (Lipinski definition) is 10. The molecule has 0 saturated carbocycles. The van der Waals surface area contributed by atoms with E-state index < -0.39 is 0 Å². The lowest BCUT2D eigenvalue weighted by Crippen LogP contribution is -2.36. The van der Waals surface area contributed by atoms with Crippen molar-refractivity contribution in [1.29, 1.82) is 0 Å². The second kappa shape index (κ2) is 10.3. The molecule has 6 heterocycles. The van der Waals surface area contributed by atoms with Crippen molar-refractivity contribution in [1.82, 2.24) is 29.5 Å². The molecule has 192 valence electrons. The van der Waals surface area contributed by atoms with Crippen molar-refractivity contribution in [3.63, 3.8) is 0 Å². The third-order valence-electron chi connectivity index (χ3n) is 6.24. The van der Waals surface area contributed by atoms with Gasteiger partial charge in [-0.3, -0.25) is 0 Å². The predicted molar refractivity (Wildman–Crippen MR) is 143 cm³/mol. The van der Waals surface area contributed by atoms with Crippen molar-refractivity contribution in [3.8, 4) is 34.1 Å². The fraction of sp³-hybridized carbons (Fsp3) is 0.222. The fourth-order valence-corrected chi connectivity index (χ4v) is 4.29. The van der Waals surface area contributed by atoms with Gasteiger partial charge in [-0.1, -0.05) is 6.07 Å². The molecule has 6 rings (SSSR count). The van der Waals surface area contributed by atoms with Crippen molar-refractivity contribution >= 4 is 23.1 Å². The van der Waals surface area contributed by atoms with Gasteiger partial charge < -0.3 is 24.4 Å². The van der Waals surface area contributed by atoms with Gasteiger partial charge in [-0.15, -0.1) is 5.10 Å². The fourth-order valence-electron chi connectivity index (χ4n) is 4.29. The molecule has 0 unspecified atom stereocenters. The first-order valence-electron chi connectivity index (χ1n) is 12.2. The quantitative estimate of drug-likeness (QED) is 0.347. The summed E-state index contributed by atoms with van der Waals surface area (Å²) in [6, 6.07) is 15.5. The standard InChI is InChI=1S/C27H26N8O3/c1-36-22-14-19(17-29-27(22)37-2)21-8-9-35-26(31-21)15-24(33-35)32-23-5-3-4-20(30-23)18-6-7-25(28-16-18)34-10-12-38-13-11-34/h3-9,14-17H,10-13H2,1-2H3,(H,30,32,33). The summed E-state index contributed by atoms with van der Waals surface area (Å²) >= 11 is 0. The van der Waals surface area contributed by atoms with E-state index in [-0.39, 0.29) is 0 Å². The van der Waals surface area contributed by atoms with Gasteiger partial charge in [0.15, 0.2) is 17.2 Å². The number of nitrogens with zero attached hydrogens (tertiary/aromatic N) is 7. The van der Waals surface area contributed by atoms with Gasteiger partial charge in [0.1, 0.15) is 11.6 Å². The number of nitrogens with one attached hydrogen (secondary N) is 1. The molecule has 11 nitrogen and oxygen atoms in total. The molecule has 0 amide bonds. The zero-order valence-electron chi connectivity index (χ0n) is 21.0. The number of methoxy groups -OCH3 is 2. The van der Waals surface area contributed by atoms with Gasteiger partial charge in [0.05, 0.1) is 38.8 Å². The van der Waals surface area contributed by atoms with E-state index in [9.17, 15) is 0 Å². The highest BCUT2D eigenvalue weighted by molar-refractivity contribution is 5.67. The number of rotatable bonds is 7. The van der Waals surface area contributed by atoms with Crippen molar-refractivity contribution in [2.45, 2.75) is 0 Å². The third-order valence-corrected chi connectivity index (χ3v) is 6.24. The molecular formula is C27H26N8O3. The number of hydrogen-bond donors (Lipinski definition) is 1. The molecule has 1 aliphatic heterocycles. The lowest BCUT2D eigenvalue weighted by atomic mass is 10.2. The molecule has 11 heteroatoms. The molecule has 0 spiro atoms. The number of morpholine rings is 1. The van der Waals surface area contributed by atoms with Crippen LogP contribution >= 0.6 is 0 Å². The van der Waals surface area contributed by atoms with Crippen LogP contribution in [0, 0.1) is 0 Å². The smallest absolute Gasteiger partial charge is 0.256 e. The SMILES string of the molecule is COc1cc(-c2ccn3nc(Nc4cccc(-c5ccc(N6CCOCC6)nc5)n4)cc3n2)cnc1OC. The molecule has 0 bridgehead atoms. The second-order valence-corrected chi connectivity index (χ2v) is 8.62.